The van der Waals surface area contributed by atoms with Crippen molar-refractivity contribution in [2.24, 2.45) is 5.73 Å². The second-order valence-electron chi connectivity index (χ2n) is 2.99. The lowest BCUT2D eigenvalue weighted by molar-refractivity contribution is -0.151. The van der Waals surface area contributed by atoms with Crippen LogP contribution in [0.15, 0.2) is 0 Å². The van der Waals surface area contributed by atoms with Crippen molar-refractivity contribution >= 4 is 11.9 Å². The maximum Gasteiger partial charge on any atom is 0.329 e. The molecule has 1 aliphatic rings. The van der Waals surface area contributed by atoms with Crippen LogP contribution in [0.2, 0.25) is 0 Å². The van der Waals surface area contributed by atoms with Crippen LogP contribution in [-0.4, -0.2) is 29.1 Å². The summed E-state index contributed by atoms with van der Waals surface area (Å²) in [7, 11) is 0. The molecule has 0 aromatic heterocycles. The van der Waals surface area contributed by atoms with Crippen molar-refractivity contribution in [2.45, 2.75) is 24.8 Å². The van der Waals surface area contributed by atoms with E-state index in [2.05, 4.69) is 5.32 Å². The minimum atomic E-state index is -1.02. The Hall–Kier alpha value is -1.10. The summed E-state index contributed by atoms with van der Waals surface area (Å²) in [5.41, 5.74) is 4.04. The zero-order valence-corrected chi connectivity index (χ0v) is 6.67. The molecule has 1 aliphatic carbocycles. The Morgan fingerprint density at radius 3 is 2.33 bits per heavy atom. The molecule has 0 spiro atoms. The molecule has 5 nitrogen and oxygen atoms in total. The third-order valence-corrected chi connectivity index (χ3v) is 2.18. The number of hydrogen-bond acceptors (Lipinski definition) is 3. The van der Waals surface area contributed by atoms with Crippen LogP contribution in [0.1, 0.15) is 19.3 Å². The summed E-state index contributed by atoms with van der Waals surface area (Å²) in [6.07, 6.45) is 1.86. The maximum absolute atomic E-state index is 10.8. The quantitative estimate of drug-likeness (QED) is 0.512. The van der Waals surface area contributed by atoms with Crippen LogP contribution in [-0.2, 0) is 9.59 Å². The van der Waals surface area contributed by atoms with Crippen LogP contribution in [0.25, 0.3) is 0 Å². The fourth-order valence-corrected chi connectivity index (χ4v) is 1.24. The maximum atomic E-state index is 10.8. The standard InChI is InChI=1S/C7H12N2O3/c8-4-5(10)9-7(6(11)12)2-1-3-7/h1-4,8H2,(H,9,10)(H,11,12). The average molecular weight is 172 g/mol. The van der Waals surface area contributed by atoms with Crippen molar-refractivity contribution in [1.29, 1.82) is 0 Å². The van der Waals surface area contributed by atoms with Crippen molar-refractivity contribution < 1.29 is 14.7 Å². The van der Waals surface area contributed by atoms with E-state index in [0.717, 1.165) is 6.42 Å². The van der Waals surface area contributed by atoms with E-state index in [1.54, 1.807) is 0 Å². The van der Waals surface area contributed by atoms with Crippen LogP contribution in [0.4, 0.5) is 0 Å². The van der Waals surface area contributed by atoms with E-state index >= 15 is 0 Å². The van der Waals surface area contributed by atoms with E-state index < -0.39 is 17.4 Å². The summed E-state index contributed by atoms with van der Waals surface area (Å²) < 4.78 is 0. The predicted molar refractivity (Wildman–Crippen MR) is 41.4 cm³/mol. The summed E-state index contributed by atoms with van der Waals surface area (Å²) >= 11 is 0. The van der Waals surface area contributed by atoms with E-state index in [4.69, 9.17) is 10.8 Å². The molecule has 1 amide bonds. The summed E-state index contributed by atoms with van der Waals surface area (Å²) in [4.78, 5) is 21.5. The largest absolute Gasteiger partial charge is 0.480 e. The molecule has 0 aliphatic heterocycles. The molecule has 68 valence electrons. The van der Waals surface area contributed by atoms with E-state index in [1.807, 2.05) is 0 Å². The molecule has 0 radical (unpaired) electrons. The number of carboxylic acid groups (broad SMARTS) is 1. The Morgan fingerprint density at radius 1 is 1.50 bits per heavy atom. The monoisotopic (exact) mass is 172 g/mol. The number of nitrogens with two attached hydrogens (primary N) is 1. The van der Waals surface area contributed by atoms with Crippen molar-refractivity contribution in [3.05, 3.63) is 0 Å². The highest BCUT2D eigenvalue weighted by Gasteiger charge is 2.45. The third-order valence-electron chi connectivity index (χ3n) is 2.18. The molecule has 0 heterocycles. The fourth-order valence-electron chi connectivity index (χ4n) is 1.24. The molecule has 0 aromatic rings. The molecule has 5 heteroatoms. The lowest BCUT2D eigenvalue weighted by Gasteiger charge is -2.38. The van der Waals surface area contributed by atoms with Crippen molar-refractivity contribution in [2.75, 3.05) is 6.54 Å². The molecule has 12 heavy (non-hydrogen) atoms. The van der Waals surface area contributed by atoms with Gasteiger partial charge in [-0.2, -0.15) is 0 Å². The van der Waals surface area contributed by atoms with Gasteiger partial charge in [0.25, 0.3) is 0 Å². The molecule has 0 atom stereocenters. The molecule has 1 saturated carbocycles. The van der Waals surface area contributed by atoms with Gasteiger partial charge in [0.1, 0.15) is 5.54 Å². The van der Waals surface area contributed by atoms with Crippen molar-refractivity contribution in [1.82, 2.24) is 5.32 Å². The first kappa shape index (κ1) is 8.99. The Morgan fingerprint density at radius 2 is 2.08 bits per heavy atom. The SMILES string of the molecule is NCC(=O)NC1(C(=O)O)CCC1. The lowest BCUT2D eigenvalue weighted by Crippen LogP contribution is -2.60. The number of carbonyl (C=O) groups is 2. The second-order valence-corrected chi connectivity index (χ2v) is 2.99. The number of carbonyl (C=O) groups excluding carboxylic acids is 1. The molecular weight excluding hydrogens is 160 g/mol. The van der Waals surface area contributed by atoms with Gasteiger partial charge in [0.2, 0.25) is 5.91 Å². The number of nitrogens with one attached hydrogen (secondary N) is 1. The first-order chi connectivity index (χ1) is 5.60. The molecule has 0 aromatic carbocycles. The molecule has 1 rings (SSSR count). The molecule has 0 saturated heterocycles. The van der Waals surface area contributed by atoms with Gasteiger partial charge in [-0.15, -0.1) is 0 Å². The molecular formula is C7H12N2O3. The third kappa shape index (κ3) is 1.40. The Balaban J connectivity index is 2.56. The number of amides is 1. The molecule has 4 N–H and O–H groups in total. The Labute approximate surface area is 69.9 Å². The van der Waals surface area contributed by atoms with Crippen LogP contribution in [0.3, 0.4) is 0 Å². The van der Waals surface area contributed by atoms with E-state index in [-0.39, 0.29) is 6.54 Å². The van der Waals surface area contributed by atoms with Gasteiger partial charge < -0.3 is 16.2 Å². The van der Waals surface area contributed by atoms with E-state index in [0.29, 0.717) is 12.8 Å². The zero-order chi connectivity index (χ0) is 9.19. The highest BCUT2D eigenvalue weighted by molar-refractivity contribution is 5.88. The van der Waals surface area contributed by atoms with Gasteiger partial charge in [0.05, 0.1) is 6.54 Å². The number of hydrogen-bond donors (Lipinski definition) is 3. The highest BCUT2D eigenvalue weighted by atomic mass is 16.4. The zero-order valence-electron chi connectivity index (χ0n) is 6.67. The Kier molecular flexibility index (Phi) is 2.32. The smallest absolute Gasteiger partial charge is 0.329 e. The van der Waals surface area contributed by atoms with Gasteiger partial charge >= 0.3 is 5.97 Å². The minimum Gasteiger partial charge on any atom is -0.480 e. The second kappa shape index (κ2) is 3.10. The first-order valence-electron chi connectivity index (χ1n) is 3.85. The fraction of sp³-hybridized carbons (Fsp3) is 0.714. The summed E-state index contributed by atoms with van der Waals surface area (Å²) in [6.45, 7) is -0.158. The van der Waals surface area contributed by atoms with Crippen LogP contribution >= 0.6 is 0 Å². The topological polar surface area (TPSA) is 92.4 Å². The van der Waals surface area contributed by atoms with Gasteiger partial charge in [-0.25, -0.2) is 4.79 Å². The van der Waals surface area contributed by atoms with Gasteiger partial charge in [-0.05, 0) is 19.3 Å². The van der Waals surface area contributed by atoms with Gasteiger partial charge in [-0.1, -0.05) is 0 Å². The van der Waals surface area contributed by atoms with Crippen LogP contribution in [0.5, 0.6) is 0 Å². The Bertz CT molecular complexity index is 211. The summed E-state index contributed by atoms with van der Waals surface area (Å²) in [6, 6.07) is 0. The summed E-state index contributed by atoms with van der Waals surface area (Å²) in [5.74, 6) is -1.37. The van der Waals surface area contributed by atoms with Crippen molar-refractivity contribution in [3.63, 3.8) is 0 Å². The molecule has 1 fully saturated rings. The normalized spacial score (nSPS) is 19.4. The van der Waals surface area contributed by atoms with E-state index in [1.165, 1.54) is 0 Å². The summed E-state index contributed by atoms with van der Waals surface area (Å²) in [5, 5.41) is 11.2. The predicted octanol–water partition coefficient (Wildman–Crippen LogP) is -0.931. The number of rotatable bonds is 3. The average Bonchev–Trinajstić information content (AvgIpc) is 1.95. The van der Waals surface area contributed by atoms with Crippen LogP contribution in [0, 0.1) is 0 Å². The first-order valence-corrected chi connectivity index (χ1v) is 3.85. The molecule has 0 bridgehead atoms. The number of aliphatic carboxylic acids is 1. The van der Waals surface area contributed by atoms with Crippen molar-refractivity contribution in [3.8, 4) is 0 Å². The van der Waals surface area contributed by atoms with E-state index in [9.17, 15) is 9.59 Å². The number of carboxylic acids is 1. The molecule has 0 unspecified atom stereocenters. The minimum absolute atomic E-state index is 0.158. The van der Waals surface area contributed by atoms with Gasteiger partial charge in [0, 0.05) is 0 Å². The van der Waals surface area contributed by atoms with Gasteiger partial charge in [-0.3, -0.25) is 4.79 Å². The van der Waals surface area contributed by atoms with Gasteiger partial charge in [0.15, 0.2) is 0 Å². The highest BCUT2D eigenvalue weighted by Crippen LogP contribution is 2.31. The lowest BCUT2D eigenvalue weighted by atomic mass is 9.77. The van der Waals surface area contributed by atoms with Crippen LogP contribution < -0.4 is 11.1 Å².